The second-order valence-corrected chi connectivity index (χ2v) is 5.03. The standard InChI is InChI=1S/C12H14BrN3O3/c1-19-12(18)14-8-5-6-16(7-8)11(17)9-3-2-4-10(13)15-9/h2-4,8H,5-7H2,1H3,(H,14,18). The summed E-state index contributed by atoms with van der Waals surface area (Å²) in [5, 5.41) is 2.69. The van der Waals surface area contributed by atoms with Crippen LogP contribution < -0.4 is 5.32 Å². The number of hydrogen-bond donors (Lipinski definition) is 1. The Hall–Kier alpha value is -1.63. The molecule has 2 heterocycles. The molecule has 1 aliphatic rings. The van der Waals surface area contributed by atoms with Gasteiger partial charge >= 0.3 is 6.09 Å². The van der Waals surface area contributed by atoms with Crippen molar-refractivity contribution in [1.82, 2.24) is 15.2 Å². The van der Waals surface area contributed by atoms with Crippen LogP contribution >= 0.6 is 15.9 Å². The highest BCUT2D eigenvalue weighted by molar-refractivity contribution is 9.10. The van der Waals surface area contributed by atoms with E-state index in [0.717, 1.165) is 6.42 Å². The lowest BCUT2D eigenvalue weighted by molar-refractivity contribution is 0.0782. The van der Waals surface area contributed by atoms with Crippen molar-refractivity contribution in [3.8, 4) is 0 Å². The van der Waals surface area contributed by atoms with Crippen molar-refractivity contribution in [2.45, 2.75) is 12.5 Å². The van der Waals surface area contributed by atoms with Crippen molar-refractivity contribution in [2.75, 3.05) is 20.2 Å². The van der Waals surface area contributed by atoms with Crippen LogP contribution in [0.2, 0.25) is 0 Å². The van der Waals surface area contributed by atoms with Gasteiger partial charge in [-0.2, -0.15) is 0 Å². The van der Waals surface area contributed by atoms with Crippen molar-refractivity contribution in [3.05, 3.63) is 28.5 Å². The number of pyridine rings is 1. The van der Waals surface area contributed by atoms with E-state index in [9.17, 15) is 9.59 Å². The molecule has 1 aliphatic heterocycles. The van der Waals surface area contributed by atoms with Crippen LogP contribution in [0.1, 0.15) is 16.9 Å². The van der Waals surface area contributed by atoms with Crippen molar-refractivity contribution in [2.24, 2.45) is 0 Å². The van der Waals surface area contributed by atoms with E-state index in [1.165, 1.54) is 7.11 Å². The molecule has 19 heavy (non-hydrogen) atoms. The smallest absolute Gasteiger partial charge is 0.407 e. The van der Waals surface area contributed by atoms with Gasteiger partial charge in [-0.05, 0) is 34.5 Å². The fraction of sp³-hybridized carbons (Fsp3) is 0.417. The van der Waals surface area contributed by atoms with E-state index < -0.39 is 6.09 Å². The van der Waals surface area contributed by atoms with Crippen molar-refractivity contribution in [3.63, 3.8) is 0 Å². The summed E-state index contributed by atoms with van der Waals surface area (Å²) in [6.07, 6.45) is 0.245. The normalized spacial score (nSPS) is 18.2. The average molecular weight is 328 g/mol. The monoisotopic (exact) mass is 327 g/mol. The minimum absolute atomic E-state index is 0.0662. The Balaban J connectivity index is 1.97. The maximum absolute atomic E-state index is 12.2. The third kappa shape index (κ3) is 3.44. The summed E-state index contributed by atoms with van der Waals surface area (Å²) in [5.41, 5.74) is 0.396. The molecular weight excluding hydrogens is 314 g/mol. The summed E-state index contributed by atoms with van der Waals surface area (Å²) < 4.78 is 5.16. The van der Waals surface area contributed by atoms with Crippen molar-refractivity contribution < 1.29 is 14.3 Å². The molecule has 1 atom stereocenters. The molecule has 0 spiro atoms. The van der Waals surface area contributed by atoms with Gasteiger partial charge in [-0.25, -0.2) is 9.78 Å². The number of carbonyl (C=O) groups is 2. The molecule has 1 unspecified atom stereocenters. The van der Waals surface area contributed by atoms with Gasteiger partial charge in [0.2, 0.25) is 0 Å². The van der Waals surface area contributed by atoms with Crippen LogP contribution in [0, 0.1) is 0 Å². The lowest BCUT2D eigenvalue weighted by atomic mass is 10.3. The van der Waals surface area contributed by atoms with Gasteiger partial charge in [-0.3, -0.25) is 4.79 Å². The third-order valence-electron chi connectivity index (χ3n) is 2.92. The SMILES string of the molecule is COC(=O)NC1CCN(C(=O)c2cccc(Br)n2)C1. The third-order valence-corrected chi connectivity index (χ3v) is 3.36. The molecule has 0 radical (unpaired) electrons. The molecule has 1 aromatic rings. The zero-order valence-electron chi connectivity index (χ0n) is 10.4. The van der Waals surface area contributed by atoms with Crippen LogP contribution in [0.5, 0.6) is 0 Å². The zero-order valence-corrected chi connectivity index (χ0v) is 12.0. The highest BCUT2D eigenvalue weighted by Crippen LogP contribution is 2.14. The van der Waals surface area contributed by atoms with E-state index >= 15 is 0 Å². The van der Waals surface area contributed by atoms with Crippen LogP contribution in [0.15, 0.2) is 22.8 Å². The average Bonchev–Trinajstić information content (AvgIpc) is 2.86. The molecule has 0 aliphatic carbocycles. The zero-order chi connectivity index (χ0) is 13.8. The molecule has 6 nitrogen and oxygen atoms in total. The largest absolute Gasteiger partial charge is 0.453 e. The van der Waals surface area contributed by atoms with Crippen LogP contribution in [0.4, 0.5) is 4.79 Å². The number of carbonyl (C=O) groups excluding carboxylic acids is 2. The van der Waals surface area contributed by atoms with Crippen LogP contribution in [-0.4, -0.2) is 48.1 Å². The number of methoxy groups -OCH3 is 1. The maximum atomic E-state index is 12.2. The lowest BCUT2D eigenvalue weighted by Crippen LogP contribution is -2.38. The summed E-state index contributed by atoms with van der Waals surface area (Å²) in [7, 11) is 1.32. The first kappa shape index (κ1) is 13.8. The predicted molar refractivity (Wildman–Crippen MR) is 71.8 cm³/mol. The Labute approximate surface area is 119 Å². The Morgan fingerprint density at radius 3 is 3.00 bits per heavy atom. The molecular formula is C12H14BrN3O3. The second-order valence-electron chi connectivity index (χ2n) is 4.22. The van der Waals surface area contributed by atoms with Gasteiger partial charge in [-0.1, -0.05) is 6.07 Å². The topological polar surface area (TPSA) is 71.5 Å². The molecule has 1 fully saturated rings. The Bertz CT molecular complexity index is 495. The molecule has 7 heteroatoms. The molecule has 0 bridgehead atoms. The summed E-state index contributed by atoms with van der Waals surface area (Å²) in [5.74, 6) is -0.129. The Morgan fingerprint density at radius 1 is 1.53 bits per heavy atom. The molecule has 1 saturated heterocycles. The highest BCUT2D eigenvalue weighted by Gasteiger charge is 2.28. The number of ether oxygens (including phenoxy) is 1. The molecule has 2 rings (SSSR count). The van der Waals surface area contributed by atoms with E-state index in [0.29, 0.717) is 23.4 Å². The summed E-state index contributed by atoms with van der Waals surface area (Å²) in [6.45, 7) is 1.07. The van der Waals surface area contributed by atoms with Crippen molar-refractivity contribution >= 4 is 27.9 Å². The quantitative estimate of drug-likeness (QED) is 0.834. The molecule has 2 amide bonds. The first-order valence-corrected chi connectivity index (χ1v) is 6.66. The van der Waals surface area contributed by atoms with Crippen LogP contribution in [-0.2, 0) is 4.74 Å². The van der Waals surface area contributed by atoms with Crippen LogP contribution in [0.3, 0.4) is 0 Å². The van der Waals surface area contributed by atoms with E-state index in [1.54, 1.807) is 23.1 Å². The summed E-state index contributed by atoms with van der Waals surface area (Å²) in [4.78, 5) is 29.1. The highest BCUT2D eigenvalue weighted by atomic mass is 79.9. The van der Waals surface area contributed by atoms with E-state index in [-0.39, 0.29) is 11.9 Å². The maximum Gasteiger partial charge on any atom is 0.407 e. The second kappa shape index (κ2) is 6.01. The van der Waals surface area contributed by atoms with Gasteiger partial charge in [0, 0.05) is 13.1 Å². The van der Waals surface area contributed by atoms with E-state index in [4.69, 9.17) is 0 Å². The first-order valence-electron chi connectivity index (χ1n) is 5.86. The molecule has 1 N–H and O–H groups in total. The Morgan fingerprint density at radius 2 is 2.32 bits per heavy atom. The van der Waals surface area contributed by atoms with E-state index in [1.807, 2.05) is 0 Å². The number of nitrogens with one attached hydrogen (secondary N) is 1. The first-order chi connectivity index (χ1) is 9.10. The van der Waals surface area contributed by atoms with Gasteiger partial charge in [0.25, 0.3) is 5.91 Å². The fourth-order valence-electron chi connectivity index (χ4n) is 1.98. The number of aromatic nitrogens is 1. The Kier molecular flexibility index (Phi) is 4.36. The number of nitrogens with zero attached hydrogens (tertiary/aromatic N) is 2. The van der Waals surface area contributed by atoms with Crippen molar-refractivity contribution in [1.29, 1.82) is 0 Å². The number of alkyl carbamates (subject to hydrolysis) is 1. The number of amides is 2. The van der Waals surface area contributed by atoms with Gasteiger partial charge in [0.15, 0.2) is 0 Å². The number of hydrogen-bond acceptors (Lipinski definition) is 4. The summed E-state index contributed by atoms with van der Waals surface area (Å²) in [6, 6.07) is 5.14. The minimum Gasteiger partial charge on any atom is -0.453 e. The molecule has 1 aromatic heterocycles. The molecule has 0 aromatic carbocycles. The number of halogens is 1. The number of rotatable bonds is 2. The predicted octanol–water partition coefficient (Wildman–Crippen LogP) is 1.41. The van der Waals surface area contributed by atoms with Gasteiger partial charge in [0.1, 0.15) is 10.3 Å². The molecule has 0 saturated carbocycles. The minimum atomic E-state index is -0.472. The van der Waals surface area contributed by atoms with Gasteiger partial charge in [-0.15, -0.1) is 0 Å². The lowest BCUT2D eigenvalue weighted by Gasteiger charge is -2.16. The van der Waals surface area contributed by atoms with Gasteiger partial charge in [0.05, 0.1) is 13.2 Å². The van der Waals surface area contributed by atoms with E-state index in [2.05, 4.69) is 31.0 Å². The van der Waals surface area contributed by atoms with Crippen LogP contribution in [0.25, 0.3) is 0 Å². The van der Waals surface area contributed by atoms with Gasteiger partial charge < -0.3 is 15.0 Å². The molecule has 102 valence electrons. The number of likely N-dealkylation sites (tertiary alicyclic amines) is 1. The summed E-state index contributed by atoms with van der Waals surface area (Å²) >= 11 is 3.24. The fourth-order valence-corrected chi connectivity index (χ4v) is 2.32.